The van der Waals surface area contributed by atoms with Gasteiger partial charge in [-0.25, -0.2) is 9.97 Å². The zero-order chi connectivity index (χ0) is 10.6. The molecule has 0 aromatic carbocycles. The number of hydrogen-bond donors (Lipinski definition) is 0. The van der Waals surface area contributed by atoms with Crippen molar-refractivity contribution in [2.75, 3.05) is 11.6 Å². The van der Waals surface area contributed by atoms with Crippen molar-refractivity contribution in [3.63, 3.8) is 0 Å². The molecule has 0 atom stereocenters. The molecule has 14 heavy (non-hydrogen) atoms. The summed E-state index contributed by atoms with van der Waals surface area (Å²) in [6, 6.07) is 1.85. The van der Waals surface area contributed by atoms with Crippen LogP contribution in [0, 0.1) is 6.92 Å². The Bertz CT molecular complexity index is 344. The van der Waals surface area contributed by atoms with Gasteiger partial charge < -0.3 is 0 Å². The van der Waals surface area contributed by atoms with Crippen molar-refractivity contribution in [1.82, 2.24) is 9.97 Å². The molecule has 5 heteroatoms. The van der Waals surface area contributed by atoms with Crippen LogP contribution in [0.15, 0.2) is 11.2 Å². The topological polar surface area (TPSA) is 42.9 Å². The molecule has 3 nitrogen and oxygen atoms in total. The van der Waals surface area contributed by atoms with Crippen LogP contribution in [0.1, 0.15) is 11.4 Å². The first-order valence-electron chi connectivity index (χ1n) is 4.12. The molecule has 76 valence electrons. The minimum atomic E-state index is 0.134. The second-order valence-electron chi connectivity index (χ2n) is 2.84. The molecule has 0 aliphatic heterocycles. The van der Waals surface area contributed by atoms with Crippen molar-refractivity contribution in [3.8, 4) is 0 Å². The molecule has 0 saturated heterocycles. The molecule has 1 aromatic heterocycles. The van der Waals surface area contributed by atoms with Crippen LogP contribution in [-0.2, 0) is 11.2 Å². The molecule has 0 unspecified atom stereocenters. The Labute approximate surface area is 95.8 Å². The highest BCUT2D eigenvalue weighted by Gasteiger charge is 2.05. The molecule has 1 rings (SSSR count). The van der Waals surface area contributed by atoms with Gasteiger partial charge in [0, 0.05) is 12.1 Å². The predicted molar refractivity (Wildman–Crippen MR) is 61.1 cm³/mol. The van der Waals surface area contributed by atoms with E-state index in [1.165, 1.54) is 11.8 Å². The summed E-state index contributed by atoms with van der Waals surface area (Å²) in [6.07, 6.45) is 2.30. The van der Waals surface area contributed by atoms with Gasteiger partial charge in [-0.2, -0.15) is 0 Å². The van der Waals surface area contributed by atoms with E-state index in [9.17, 15) is 4.79 Å². The number of nitrogens with zero attached hydrogens (tertiary/aromatic N) is 2. The Hall–Kier alpha value is -0.420. The first-order chi connectivity index (χ1) is 6.65. The number of aryl methyl sites for hydroxylation is 1. The van der Waals surface area contributed by atoms with Gasteiger partial charge >= 0.3 is 0 Å². The van der Waals surface area contributed by atoms with Crippen LogP contribution in [0.5, 0.6) is 0 Å². The summed E-state index contributed by atoms with van der Waals surface area (Å²) >= 11 is 4.61. The number of aromatic nitrogens is 2. The SMILES string of the molecule is CSc1nc(C)cc(CC(=O)CBr)n1. The van der Waals surface area contributed by atoms with Crippen LogP contribution in [-0.4, -0.2) is 27.3 Å². The summed E-state index contributed by atoms with van der Waals surface area (Å²) in [7, 11) is 0. The zero-order valence-corrected chi connectivity index (χ0v) is 10.5. The van der Waals surface area contributed by atoms with Gasteiger partial charge in [-0.3, -0.25) is 4.79 Å². The fourth-order valence-electron chi connectivity index (χ4n) is 1.04. The molecule has 0 aliphatic carbocycles. The van der Waals surface area contributed by atoms with E-state index in [4.69, 9.17) is 0 Å². The molecule has 0 fully saturated rings. The van der Waals surface area contributed by atoms with Crippen molar-refractivity contribution >= 4 is 33.5 Å². The minimum Gasteiger partial charge on any atom is -0.298 e. The molecule has 0 saturated carbocycles. The van der Waals surface area contributed by atoms with Crippen molar-refractivity contribution in [2.45, 2.75) is 18.5 Å². The molecular weight excluding hydrogens is 264 g/mol. The quantitative estimate of drug-likeness (QED) is 0.479. The van der Waals surface area contributed by atoms with Crippen LogP contribution in [0.3, 0.4) is 0 Å². The lowest BCUT2D eigenvalue weighted by Gasteiger charge is -2.02. The zero-order valence-electron chi connectivity index (χ0n) is 8.08. The molecule has 0 radical (unpaired) electrons. The highest BCUT2D eigenvalue weighted by molar-refractivity contribution is 9.09. The van der Waals surface area contributed by atoms with Crippen molar-refractivity contribution < 1.29 is 4.79 Å². The van der Waals surface area contributed by atoms with E-state index >= 15 is 0 Å². The van der Waals surface area contributed by atoms with Gasteiger partial charge in [-0.15, -0.1) is 0 Å². The van der Waals surface area contributed by atoms with E-state index in [0.717, 1.165) is 16.5 Å². The average Bonchev–Trinajstić information content (AvgIpc) is 2.16. The number of hydrogen-bond acceptors (Lipinski definition) is 4. The molecule has 0 amide bonds. The molecule has 0 aliphatic rings. The van der Waals surface area contributed by atoms with E-state index in [2.05, 4.69) is 25.9 Å². The lowest BCUT2D eigenvalue weighted by atomic mass is 10.2. The van der Waals surface area contributed by atoms with Crippen molar-refractivity contribution in [1.29, 1.82) is 0 Å². The normalized spacial score (nSPS) is 10.2. The van der Waals surface area contributed by atoms with Gasteiger partial charge in [0.05, 0.1) is 11.0 Å². The number of halogens is 1. The highest BCUT2D eigenvalue weighted by atomic mass is 79.9. The van der Waals surface area contributed by atoms with Gasteiger partial charge in [0.15, 0.2) is 5.16 Å². The number of alkyl halides is 1. The summed E-state index contributed by atoms with van der Waals surface area (Å²) in [5.74, 6) is 0.134. The second kappa shape index (κ2) is 5.46. The maximum absolute atomic E-state index is 11.2. The predicted octanol–water partition coefficient (Wildman–Crippen LogP) is 2.01. The average molecular weight is 275 g/mol. The van der Waals surface area contributed by atoms with Gasteiger partial charge in [0.2, 0.25) is 0 Å². The maximum Gasteiger partial charge on any atom is 0.187 e. The van der Waals surface area contributed by atoms with E-state index in [1.807, 2.05) is 19.2 Å². The fourth-order valence-corrected chi connectivity index (χ4v) is 1.68. The number of ketones is 1. The number of rotatable bonds is 4. The Morgan fingerprint density at radius 1 is 1.57 bits per heavy atom. The summed E-state index contributed by atoms with van der Waals surface area (Å²) in [6.45, 7) is 1.91. The fraction of sp³-hybridized carbons (Fsp3) is 0.444. The number of thioether (sulfide) groups is 1. The molecule has 1 heterocycles. The molecule has 0 N–H and O–H groups in total. The maximum atomic E-state index is 11.2. The van der Waals surface area contributed by atoms with Crippen LogP contribution >= 0.6 is 27.7 Å². The standard InChI is InChI=1S/C9H11BrN2OS/c1-6-3-7(4-8(13)5-10)12-9(11-6)14-2/h3H,4-5H2,1-2H3. The summed E-state index contributed by atoms with van der Waals surface area (Å²) < 4.78 is 0. The number of carbonyl (C=O) groups excluding carboxylic acids is 1. The van der Waals surface area contributed by atoms with Crippen LogP contribution in [0.4, 0.5) is 0 Å². The Morgan fingerprint density at radius 3 is 2.86 bits per heavy atom. The molecule has 0 spiro atoms. The van der Waals surface area contributed by atoms with Gasteiger partial charge in [-0.1, -0.05) is 27.7 Å². The summed E-state index contributed by atoms with van der Waals surface area (Å²) in [5.41, 5.74) is 1.70. The van der Waals surface area contributed by atoms with Crippen molar-refractivity contribution in [2.24, 2.45) is 0 Å². The lowest BCUT2D eigenvalue weighted by molar-refractivity contribution is -0.115. The first-order valence-corrected chi connectivity index (χ1v) is 6.46. The minimum absolute atomic E-state index is 0.134. The first kappa shape index (κ1) is 11.7. The third-order valence-electron chi connectivity index (χ3n) is 1.60. The lowest BCUT2D eigenvalue weighted by Crippen LogP contribution is -2.06. The number of Topliss-reactive ketones (excluding diaryl/α,β-unsaturated/α-hetero) is 1. The Kier molecular flexibility index (Phi) is 4.54. The Balaban J connectivity index is 2.86. The van der Waals surface area contributed by atoms with Crippen molar-refractivity contribution in [3.05, 3.63) is 17.5 Å². The smallest absolute Gasteiger partial charge is 0.187 e. The van der Waals surface area contributed by atoms with E-state index in [0.29, 0.717) is 11.8 Å². The monoisotopic (exact) mass is 274 g/mol. The third-order valence-corrected chi connectivity index (χ3v) is 2.77. The summed E-state index contributed by atoms with van der Waals surface area (Å²) in [4.78, 5) is 19.6. The Morgan fingerprint density at radius 2 is 2.29 bits per heavy atom. The van der Waals surface area contributed by atoms with Gasteiger partial charge in [-0.05, 0) is 19.2 Å². The third kappa shape index (κ3) is 3.38. The summed E-state index contributed by atoms with van der Waals surface area (Å²) in [5, 5.41) is 1.10. The molecule has 1 aromatic rings. The van der Waals surface area contributed by atoms with Crippen LogP contribution in [0.25, 0.3) is 0 Å². The largest absolute Gasteiger partial charge is 0.298 e. The van der Waals surface area contributed by atoms with E-state index < -0.39 is 0 Å². The molecule has 0 bridgehead atoms. The van der Waals surface area contributed by atoms with Crippen LogP contribution in [0.2, 0.25) is 0 Å². The number of carbonyl (C=O) groups is 1. The second-order valence-corrected chi connectivity index (χ2v) is 4.17. The van der Waals surface area contributed by atoms with Gasteiger partial charge in [0.1, 0.15) is 5.78 Å². The highest BCUT2D eigenvalue weighted by Crippen LogP contribution is 2.11. The van der Waals surface area contributed by atoms with E-state index in [-0.39, 0.29) is 5.78 Å². The molecular formula is C9H11BrN2OS. The van der Waals surface area contributed by atoms with E-state index in [1.54, 1.807) is 0 Å². The van der Waals surface area contributed by atoms with Crippen LogP contribution < -0.4 is 0 Å². The van der Waals surface area contributed by atoms with Gasteiger partial charge in [0.25, 0.3) is 0 Å².